The summed E-state index contributed by atoms with van der Waals surface area (Å²) in [6.07, 6.45) is 0.363. The van der Waals surface area contributed by atoms with Gasteiger partial charge in [-0.2, -0.15) is 0 Å². The maximum absolute atomic E-state index is 12.6. The van der Waals surface area contributed by atoms with Gasteiger partial charge in [-0.3, -0.25) is 14.2 Å². The van der Waals surface area contributed by atoms with Gasteiger partial charge in [0.15, 0.2) is 5.78 Å². The molecule has 0 bridgehead atoms. The maximum Gasteiger partial charge on any atom is 0.261 e. The summed E-state index contributed by atoms with van der Waals surface area (Å²) in [7, 11) is 0. The SMILES string of the molecule is CC(=O)c1cccc(OC[C@H](O)Cn2cnc3c(Cl)cc(Cl)cc3c2=O)c1. The largest absolute Gasteiger partial charge is 0.491 e. The predicted octanol–water partition coefficient (Wildman–Crippen LogP) is 3.35. The number of ether oxygens (including phenoxy) is 1. The number of rotatable bonds is 6. The normalized spacial score (nSPS) is 12.1. The standard InChI is InChI=1S/C19H16Cl2N2O4/c1-11(24)12-3-2-4-15(5-12)27-9-14(25)8-23-10-22-18-16(19(23)26)6-13(20)7-17(18)21/h2-7,10,14,25H,8-9H2,1H3/t14-/m1/s1. The van der Waals surface area contributed by atoms with Crippen molar-refractivity contribution in [2.45, 2.75) is 19.6 Å². The lowest BCUT2D eigenvalue weighted by atomic mass is 10.1. The van der Waals surface area contributed by atoms with Crippen LogP contribution in [-0.2, 0) is 6.54 Å². The first kappa shape index (κ1) is 19.4. The minimum absolute atomic E-state index is 0.0156. The number of aromatic nitrogens is 2. The van der Waals surface area contributed by atoms with Gasteiger partial charge in [0.25, 0.3) is 5.56 Å². The fourth-order valence-corrected chi connectivity index (χ4v) is 3.14. The van der Waals surface area contributed by atoms with Crippen molar-refractivity contribution in [3.8, 4) is 5.75 Å². The van der Waals surface area contributed by atoms with Crippen molar-refractivity contribution >= 4 is 39.9 Å². The van der Waals surface area contributed by atoms with Gasteiger partial charge in [0.05, 0.1) is 28.8 Å². The Morgan fingerprint density at radius 1 is 1.30 bits per heavy atom. The van der Waals surface area contributed by atoms with E-state index in [1.54, 1.807) is 24.3 Å². The van der Waals surface area contributed by atoms with Gasteiger partial charge in [-0.05, 0) is 31.2 Å². The highest BCUT2D eigenvalue weighted by molar-refractivity contribution is 6.38. The molecule has 1 atom stereocenters. The van der Waals surface area contributed by atoms with Crippen LogP contribution in [-0.4, -0.2) is 33.2 Å². The van der Waals surface area contributed by atoms with Crippen molar-refractivity contribution < 1.29 is 14.6 Å². The molecule has 6 nitrogen and oxygen atoms in total. The Labute approximate surface area is 164 Å². The minimum Gasteiger partial charge on any atom is -0.491 e. The highest BCUT2D eigenvalue weighted by Crippen LogP contribution is 2.24. The zero-order chi connectivity index (χ0) is 19.6. The molecular weight excluding hydrogens is 391 g/mol. The van der Waals surface area contributed by atoms with Crippen LogP contribution in [0.25, 0.3) is 10.9 Å². The molecule has 0 unspecified atom stereocenters. The van der Waals surface area contributed by atoms with Gasteiger partial charge in [-0.15, -0.1) is 0 Å². The number of nitrogens with zero attached hydrogens (tertiary/aromatic N) is 2. The number of benzene rings is 2. The van der Waals surface area contributed by atoms with Crippen LogP contribution in [0.3, 0.4) is 0 Å². The summed E-state index contributed by atoms with van der Waals surface area (Å²) in [4.78, 5) is 28.1. The second-order valence-corrected chi connectivity index (χ2v) is 6.88. The number of carbonyl (C=O) groups excluding carboxylic acids is 1. The van der Waals surface area contributed by atoms with E-state index in [0.29, 0.717) is 21.9 Å². The number of Topliss-reactive ketones (excluding diaryl/α,β-unsaturated/α-hetero) is 1. The van der Waals surface area contributed by atoms with Gasteiger partial charge in [0.2, 0.25) is 0 Å². The minimum atomic E-state index is -0.961. The molecule has 0 saturated carbocycles. The molecule has 3 rings (SSSR count). The Bertz CT molecular complexity index is 1070. The van der Waals surface area contributed by atoms with Crippen LogP contribution in [0.2, 0.25) is 10.0 Å². The average molecular weight is 407 g/mol. The third-order valence-corrected chi connectivity index (χ3v) is 4.44. The van der Waals surface area contributed by atoms with Crippen LogP contribution in [0.5, 0.6) is 5.75 Å². The molecule has 0 aliphatic rings. The fraction of sp³-hybridized carbons (Fsp3) is 0.211. The number of aliphatic hydroxyl groups is 1. The first-order valence-corrected chi connectivity index (χ1v) is 8.87. The molecule has 0 saturated heterocycles. The van der Waals surface area contributed by atoms with Crippen LogP contribution >= 0.6 is 23.2 Å². The molecule has 0 amide bonds. The Kier molecular flexibility index (Phi) is 5.79. The summed E-state index contributed by atoms with van der Waals surface area (Å²) in [5.41, 5.74) is 0.516. The van der Waals surface area contributed by atoms with Crippen LogP contribution < -0.4 is 10.3 Å². The van der Waals surface area contributed by atoms with E-state index in [1.165, 1.54) is 30.0 Å². The number of ketones is 1. The smallest absolute Gasteiger partial charge is 0.261 e. The zero-order valence-electron chi connectivity index (χ0n) is 14.4. The number of halogens is 2. The molecule has 3 aromatic rings. The molecule has 140 valence electrons. The Morgan fingerprint density at radius 2 is 2.07 bits per heavy atom. The summed E-state index contributed by atoms with van der Waals surface area (Å²) < 4.78 is 6.79. The molecule has 0 spiro atoms. The Balaban J connectivity index is 1.73. The highest BCUT2D eigenvalue weighted by Gasteiger charge is 2.13. The summed E-state index contributed by atoms with van der Waals surface area (Å²) in [5.74, 6) is 0.386. The molecule has 0 radical (unpaired) electrons. The van der Waals surface area contributed by atoms with Gasteiger partial charge in [-0.25, -0.2) is 4.98 Å². The molecule has 0 fully saturated rings. The van der Waals surface area contributed by atoms with Crippen molar-refractivity contribution in [2.75, 3.05) is 6.61 Å². The molecule has 0 aliphatic heterocycles. The van der Waals surface area contributed by atoms with Gasteiger partial charge in [0.1, 0.15) is 18.5 Å². The molecule has 8 heteroatoms. The van der Waals surface area contributed by atoms with Crippen molar-refractivity contribution in [1.29, 1.82) is 0 Å². The van der Waals surface area contributed by atoms with Crippen LogP contribution in [0.1, 0.15) is 17.3 Å². The topological polar surface area (TPSA) is 81.4 Å². The van der Waals surface area contributed by atoms with E-state index >= 15 is 0 Å². The van der Waals surface area contributed by atoms with E-state index in [2.05, 4.69) is 4.98 Å². The Morgan fingerprint density at radius 3 is 2.81 bits per heavy atom. The van der Waals surface area contributed by atoms with Crippen LogP contribution in [0.15, 0.2) is 47.5 Å². The second kappa shape index (κ2) is 8.08. The molecule has 0 aliphatic carbocycles. The number of hydrogen-bond donors (Lipinski definition) is 1. The van der Waals surface area contributed by atoms with Crippen molar-refractivity contribution in [3.05, 3.63) is 68.7 Å². The molecule has 1 heterocycles. The van der Waals surface area contributed by atoms with Gasteiger partial charge >= 0.3 is 0 Å². The summed E-state index contributed by atoms with van der Waals surface area (Å²) in [5, 5.41) is 11.1. The van der Waals surface area contributed by atoms with Gasteiger partial charge in [0, 0.05) is 10.6 Å². The number of aliphatic hydroxyl groups excluding tert-OH is 1. The monoisotopic (exact) mass is 406 g/mol. The van der Waals surface area contributed by atoms with E-state index in [0.717, 1.165) is 0 Å². The van der Waals surface area contributed by atoms with Gasteiger partial charge < -0.3 is 9.84 Å². The number of hydrogen-bond acceptors (Lipinski definition) is 5. The molecule has 1 N–H and O–H groups in total. The summed E-state index contributed by atoms with van der Waals surface area (Å²) in [6, 6.07) is 9.67. The second-order valence-electron chi connectivity index (χ2n) is 6.03. The van der Waals surface area contributed by atoms with Crippen molar-refractivity contribution in [3.63, 3.8) is 0 Å². The van der Waals surface area contributed by atoms with Crippen LogP contribution in [0, 0.1) is 0 Å². The average Bonchev–Trinajstić information content (AvgIpc) is 2.63. The number of fused-ring (bicyclic) bond motifs is 1. The first-order valence-electron chi connectivity index (χ1n) is 8.11. The van der Waals surface area contributed by atoms with E-state index in [9.17, 15) is 14.7 Å². The third kappa shape index (κ3) is 4.47. The molecule has 1 aromatic heterocycles. The zero-order valence-corrected chi connectivity index (χ0v) is 15.9. The summed E-state index contributed by atoms with van der Waals surface area (Å²) in [6.45, 7) is 1.39. The summed E-state index contributed by atoms with van der Waals surface area (Å²) >= 11 is 12.0. The maximum atomic E-state index is 12.6. The molecule has 2 aromatic carbocycles. The molecule has 27 heavy (non-hydrogen) atoms. The lowest BCUT2D eigenvalue weighted by Crippen LogP contribution is -2.30. The van der Waals surface area contributed by atoms with Crippen LogP contribution in [0.4, 0.5) is 0 Å². The number of carbonyl (C=O) groups is 1. The lowest BCUT2D eigenvalue weighted by molar-refractivity contribution is 0.0913. The fourth-order valence-electron chi connectivity index (χ4n) is 2.60. The van der Waals surface area contributed by atoms with E-state index in [-0.39, 0.29) is 34.9 Å². The quantitative estimate of drug-likeness (QED) is 0.634. The third-order valence-electron chi connectivity index (χ3n) is 3.94. The first-order chi connectivity index (χ1) is 12.8. The van der Waals surface area contributed by atoms with Crippen molar-refractivity contribution in [1.82, 2.24) is 9.55 Å². The highest BCUT2D eigenvalue weighted by atomic mass is 35.5. The Hall–Kier alpha value is -2.41. The predicted molar refractivity (Wildman–Crippen MR) is 104 cm³/mol. The molecular formula is C19H16Cl2N2O4. The van der Waals surface area contributed by atoms with Crippen molar-refractivity contribution in [2.24, 2.45) is 0 Å². The lowest BCUT2D eigenvalue weighted by Gasteiger charge is -2.14. The van der Waals surface area contributed by atoms with E-state index in [4.69, 9.17) is 27.9 Å². The van der Waals surface area contributed by atoms with E-state index in [1.807, 2.05) is 0 Å². The van der Waals surface area contributed by atoms with E-state index < -0.39 is 6.10 Å². The van der Waals surface area contributed by atoms with Gasteiger partial charge in [-0.1, -0.05) is 35.3 Å².